The monoisotopic (exact) mass is 444 g/mol. The van der Waals surface area contributed by atoms with Gasteiger partial charge in [0.2, 0.25) is 0 Å². The van der Waals surface area contributed by atoms with E-state index >= 15 is 0 Å². The molecule has 1 atom stereocenters. The number of nitrogens with one attached hydrogen (secondary N) is 1. The smallest absolute Gasteiger partial charge is 0.251 e. The largest absolute Gasteiger partial charge is 0.369 e. The molecule has 3 N–H and O–H groups in total. The maximum Gasteiger partial charge on any atom is 0.251 e. The van der Waals surface area contributed by atoms with Crippen LogP contribution in [-0.4, -0.2) is 55.6 Å². The summed E-state index contributed by atoms with van der Waals surface area (Å²) in [5.74, 6) is 0.538. The molecule has 1 saturated heterocycles. The topological polar surface area (TPSA) is 61.6 Å². The number of anilines is 1. The van der Waals surface area contributed by atoms with E-state index in [-0.39, 0.29) is 36.8 Å². The maximum absolute atomic E-state index is 12.7. The van der Waals surface area contributed by atoms with Gasteiger partial charge in [0.05, 0.1) is 0 Å². The van der Waals surface area contributed by atoms with Crippen molar-refractivity contribution in [3.8, 4) is 0 Å². The highest BCUT2D eigenvalue weighted by molar-refractivity contribution is 5.94. The standard InChI is InChI=1S/C22H36N4O.2ClH/c1-17(2)25-12-14-26(15-13-25)20-10-8-19(9-11-20)22(27)24-21(16-23)18-6-4-3-5-7-18;;/h8-11,17-18,21H,3-7,12-16,23H2,1-2H3,(H,24,27);2*1H. The van der Waals surface area contributed by atoms with Gasteiger partial charge >= 0.3 is 0 Å². The summed E-state index contributed by atoms with van der Waals surface area (Å²) in [4.78, 5) is 17.6. The summed E-state index contributed by atoms with van der Waals surface area (Å²) < 4.78 is 0. The number of carbonyl (C=O) groups excluding carboxylic acids is 1. The van der Waals surface area contributed by atoms with Crippen LogP contribution < -0.4 is 16.0 Å². The van der Waals surface area contributed by atoms with Gasteiger partial charge in [-0.2, -0.15) is 0 Å². The number of nitrogens with two attached hydrogens (primary N) is 1. The second-order valence-corrected chi connectivity index (χ2v) is 8.38. The van der Waals surface area contributed by atoms with Gasteiger partial charge in [-0.05, 0) is 56.9 Å². The zero-order valence-corrected chi connectivity index (χ0v) is 19.4. The number of benzene rings is 1. The number of hydrogen-bond acceptors (Lipinski definition) is 4. The molecule has 2 fully saturated rings. The van der Waals surface area contributed by atoms with Crippen molar-refractivity contribution in [2.24, 2.45) is 11.7 Å². The minimum Gasteiger partial charge on any atom is -0.369 e. The number of piperazine rings is 1. The lowest BCUT2D eigenvalue weighted by Gasteiger charge is -2.38. The summed E-state index contributed by atoms with van der Waals surface area (Å²) in [6.07, 6.45) is 6.20. The molecular weight excluding hydrogens is 407 g/mol. The Bertz CT molecular complexity index is 597. The molecule has 0 radical (unpaired) electrons. The average Bonchev–Trinajstić information content (AvgIpc) is 2.72. The molecule has 2 aliphatic rings. The van der Waals surface area contributed by atoms with E-state index in [2.05, 4.69) is 41.1 Å². The van der Waals surface area contributed by atoms with Crippen LogP contribution >= 0.6 is 24.8 Å². The third kappa shape index (κ3) is 7.02. The number of halogens is 2. The van der Waals surface area contributed by atoms with Crippen molar-refractivity contribution in [1.82, 2.24) is 10.2 Å². The van der Waals surface area contributed by atoms with Crippen molar-refractivity contribution in [2.75, 3.05) is 37.6 Å². The molecule has 1 aliphatic heterocycles. The summed E-state index contributed by atoms with van der Waals surface area (Å²) in [5, 5.41) is 3.19. The molecule has 0 spiro atoms. The summed E-state index contributed by atoms with van der Waals surface area (Å²) in [5.41, 5.74) is 7.90. The minimum atomic E-state index is 0. The third-order valence-corrected chi connectivity index (χ3v) is 6.33. The zero-order chi connectivity index (χ0) is 19.2. The Labute approximate surface area is 188 Å². The van der Waals surface area contributed by atoms with E-state index in [1.807, 2.05) is 12.1 Å². The van der Waals surface area contributed by atoms with Crippen LogP contribution in [-0.2, 0) is 0 Å². The van der Waals surface area contributed by atoms with Crippen molar-refractivity contribution in [3.63, 3.8) is 0 Å². The molecule has 1 saturated carbocycles. The Morgan fingerprint density at radius 2 is 1.62 bits per heavy atom. The van der Waals surface area contributed by atoms with Crippen molar-refractivity contribution in [1.29, 1.82) is 0 Å². The molecule has 1 heterocycles. The number of hydrogen-bond donors (Lipinski definition) is 2. The van der Waals surface area contributed by atoms with Crippen LogP contribution in [0.15, 0.2) is 24.3 Å². The fraction of sp³-hybridized carbons (Fsp3) is 0.682. The van der Waals surface area contributed by atoms with Gasteiger partial charge in [-0.3, -0.25) is 9.69 Å². The van der Waals surface area contributed by atoms with E-state index in [0.717, 1.165) is 31.7 Å². The van der Waals surface area contributed by atoms with Crippen LogP contribution in [0.2, 0.25) is 0 Å². The van der Waals surface area contributed by atoms with Gasteiger partial charge in [-0.1, -0.05) is 19.3 Å². The molecule has 1 aliphatic carbocycles. The van der Waals surface area contributed by atoms with E-state index in [1.165, 1.54) is 37.8 Å². The summed E-state index contributed by atoms with van der Waals surface area (Å²) >= 11 is 0. The van der Waals surface area contributed by atoms with Gasteiger partial charge in [0, 0.05) is 56.1 Å². The number of carbonyl (C=O) groups is 1. The SMILES string of the molecule is CC(C)N1CCN(c2ccc(C(=O)NC(CN)C3CCCCC3)cc2)CC1.Cl.Cl. The Morgan fingerprint density at radius 1 is 1.03 bits per heavy atom. The first-order valence-electron chi connectivity index (χ1n) is 10.7. The van der Waals surface area contributed by atoms with Crippen LogP contribution in [0.3, 0.4) is 0 Å². The predicted molar refractivity (Wildman–Crippen MR) is 127 cm³/mol. The summed E-state index contributed by atoms with van der Waals surface area (Å²) in [6.45, 7) is 9.31. The normalized spacial score (nSPS) is 19.2. The van der Waals surface area contributed by atoms with E-state index < -0.39 is 0 Å². The third-order valence-electron chi connectivity index (χ3n) is 6.33. The fourth-order valence-corrected chi connectivity index (χ4v) is 4.48. The molecule has 29 heavy (non-hydrogen) atoms. The Morgan fingerprint density at radius 3 is 2.14 bits per heavy atom. The summed E-state index contributed by atoms with van der Waals surface area (Å²) in [6, 6.07) is 8.78. The van der Waals surface area contributed by atoms with E-state index in [1.54, 1.807) is 0 Å². The van der Waals surface area contributed by atoms with E-state index in [0.29, 0.717) is 18.5 Å². The molecule has 166 valence electrons. The molecule has 0 aromatic heterocycles. The molecule has 1 aromatic rings. The lowest BCUT2D eigenvalue weighted by atomic mass is 9.84. The first-order valence-corrected chi connectivity index (χ1v) is 10.7. The molecular formula is C22H38Cl2N4O. The fourth-order valence-electron chi connectivity index (χ4n) is 4.48. The van der Waals surface area contributed by atoms with Gasteiger partial charge in [-0.25, -0.2) is 0 Å². The second-order valence-electron chi connectivity index (χ2n) is 8.38. The van der Waals surface area contributed by atoms with Crippen molar-refractivity contribution < 1.29 is 4.79 Å². The highest BCUT2D eigenvalue weighted by Gasteiger charge is 2.24. The Kier molecular flexibility index (Phi) is 11.3. The predicted octanol–water partition coefficient (Wildman–Crippen LogP) is 3.70. The van der Waals surface area contributed by atoms with Crippen LogP contribution in [0.1, 0.15) is 56.3 Å². The van der Waals surface area contributed by atoms with Crippen LogP contribution in [0.25, 0.3) is 0 Å². The summed E-state index contributed by atoms with van der Waals surface area (Å²) in [7, 11) is 0. The van der Waals surface area contributed by atoms with E-state index in [9.17, 15) is 4.79 Å². The number of rotatable bonds is 6. The minimum absolute atomic E-state index is 0. The first kappa shape index (κ1) is 26.0. The average molecular weight is 445 g/mol. The first-order chi connectivity index (χ1) is 13.1. The zero-order valence-electron chi connectivity index (χ0n) is 17.8. The molecule has 1 amide bonds. The van der Waals surface area contributed by atoms with Crippen LogP contribution in [0.5, 0.6) is 0 Å². The van der Waals surface area contributed by atoms with Crippen molar-refractivity contribution in [2.45, 2.75) is 58.0 Å². The Balaban J connectivity index is 0.00000210. The van der Waals surface area contributed by atoms with Gasteiger partial charge in [0.15, 0.2) is 0 Å². The molecule has 1 aromatic carbocycles. The lowest BCUT2D eigenvalue weighted by Crippen LogP contribution is -2.48. The van der Waals surface area contributed by atoms with Gasteiger partial charge in [0.25, 0.3) is 5.91 Å². The van der Waals surface area contributed by atoms with Gasteiger partial charge in [0.1, 0.15) is 0 Å². The quantitative estimate of drug-likeness (QED) is 0.701. The highest BCUT2D eigenvalue weighted by atomic mass is 35.5. The van der Waals surface area contributed by atoms with Crippen molar-refractivity contribution >= 4 is 36.4 Å². The Hall–Kier alpha value is -1.01. The van der Waals surface area contributed by atoms with E-state index in [4.69, 9.17) is 5.73 Å². The van der Waals surface area contributed by atoms with Crippen molar-refractivity contribution in [3.05, 3.63) is 29.8 Å². The second kappa shape index (κ2) is 12.6. The molecule has 0 bridgehead atoms. The van der Waals surface area contributed by atoms with Gasteiger partial charge < -0.3 is 16.0 Å². The molecule has 3 rings (SSSR count). The van der Waals surface area contributed by atoms with Gasteiger partial charge in [-0.15, -0.1) is 24.8 Å². The lowest BCUT2D eigenvalue weighted by molar-refractivity contribution is 0.0915. The molecule has 1 unspecified atom stereocenters. The van der Waals surface area contributed by atoms with Crippen LogP contribution in [0.4, 0.5) is 5.69 Å². The van der Waals surface area contributed by atoms with Crippen LogP contribution in [0, 0.1) is 5.92 Å². The maximum atomic E-state index is 12.7. The highest BCUT2D eigenvalue weighted by Crippen LogP contribution is 2.26. The molecule has 7 heteroatoms. The molecule has 5 nitrogen and oxygen atoms in total. The number of nitrogens with zero attached hydrogens (tertiary/aromatic N) is 2. The number of amides is 1.